The maximum atomic E-state index is 12.2. The van der Waals surface area contributed by atoms with Gasteiger partial charge in [0.05, 0.1) is 17.1 Å². The largest absolute Gasteiger partial charge is 0.343 e. The Morgan fingerprint density at radius 2 is 1.83 bits per heavy atom. The van der Waals surface area contributed by atoms with Crippen molar-refractivity contribution in [1.82, 2.24) is 15.5 Å². The zero-order chi connectivity index (χ0) is 17.1. The van der Waals surface area contributed by atoms with Gasteiger partial charge in [-0.15, -0.1) is 0 Å². The second kappa shape index (κ2) is 6.84. The lowest BCUT2D eigenvalue weighted by Gasteiger charge is -2.05. The first-order chi connectivity index (χ1) is 11.5. The van der Waals surface area contributed by atoms with Crippen LogP contribution >= 0.6 is 11.6 Å². The normalized spacial score (nSPS) is 10.6. The molecule has 24 heavy (non-hydrogen) atoms. The van der Waals surface area contributed by atoms with Crippen LogP contribution in [0, 0.1) is 13.8 Å². The molecule has 122 valence electrons. The highest BCUT2D eigenvalue weighted by Crippen LogP contribution is 2.18. The lowest BCUT2D eigenvalue weighted by Crippen LogP contribution is -2.23. The van der Waals surface area contributed by atoms with Gasteiger partial charge < -0.3 is 9.84 Å². The van der Waals surface area contributed by atoms with Crippen LogP contribution in [-0.2, 0) is 6.54 Å². The molecular weight excluding hydrogens is 326 g/mol. The van der Waals surface area contributed by atoms with E-state index < -0.39 is 0 Å². The summed E-state index contributed by atoms with van der Waals surface area (Å²) < 4.78 is 5.18. The van der Waals surface area contributed by atoms with Gasteiger partial charge in [-0.25, -0.2) is 0 Å². The molecule has 0 aliphatic rings. The van der Waals surface area contributed by atoms with Gasteiger partial charge in [-0.3, -0.25) is 4.79 Å². The molecule has 5 nitrogen and oxygen atoms in total. The zero-order valence-electron chi connectivity index (χ0n) is 13.3. The number of carbonyl (C=O) groups excluding carboxylic acids is 1. The smallest absolute Gasteiger partial charge is 0.253 e. The molecule has 0 atom stereocenters. The standard InChI is InChI=1S/C18H16ClN3O2/c1-11-3-6-13(7-4-11)17-21-16(24-22-17)10-20-18(23)14-8-5-12(2)9-15(14)19/h3-9H,10H2,1-2H3,(H,20,23). The van der Waals surface area contributed by atoms with Gasteiger partial charge in [0.1, 0.15) is 0 Å². The molecule has 0 spiro atoms. The lowest BCUT2D eigenvalue weighted by molar-refractivity contribution is 0.0946. The van der Waals surface area contributed by atoms with Crippen LogP contribution < -0.4 is 5.32 Å². The molecular formula is C18H16ClN3O2. The van der Waals surface area contributed by atoms with Crippen LogP contribution in [-0.4, -0.2) is 16.0 Å². The van der Waals surface area contributed by atoms with E-state index in [1.165, 1.54) is 0 Å². The summed E-state index contributed by atoms with van der Waals surface area (Å²) in [5.41, 5.74) is 3.44. The predicted molar refractivity (Wildman–Crippen MR) is 91.8 cm³/mol. The number of hydrogen-bond donors (Lipinski definition) is 1. The predicted octanol–water partition coefficient (Wildman–Crippen LogP) is 3.94. The molecule has 0 unspecified atom stereocenters. The van der Waals surface area contributed by atoms with Gasteiger partial charge in [0.2, 0.25) is 11.7 Å². The Morgan fingerprint density at radius 3 is 2.54 bits per heavy atom. The average Bonchev–Trinajstić information content (AvgIpc) is 3.02. The van der Waals surface area contributed by atoms with Crippen molar-refractivity contribution in [3.05, 3.63) is 70.1 Å². The molecule has 1 N–H and O–H groups in total. The number of nitrogens with one attached hydrogen (secondary N) is 1. The van der Waals surface area contributed by atoms with E-state index in [0.717, 1.165) is 16.7 Å². The molecule has 0 saturated carbocycles. The maximum Gasteiger partial charge on any atom is 0.253 e. The monoisotopic (exact) mass is 341 g/mol. The summed E-state index contributed by atoms with van der Waals surface area (Å²) >= 11 is 6.09. The molecule has 2 aromatic carbocycles. The maximum absolute atomic E-state index is 12.2. The third kappa shape index (κ3) is 3.63. The Bertz CT molecular complexity index is 872. The van der Waals surface area contributed by atoms with Crippen LogP contribution in [0.4, 0.5) is 0 Å². The zero-order valence-corrected chi connectivity index (χ0v) is 14.1. The Balaban J connectivity index is 1.67. The van der Waals surface area contributed by atoms with E-state index in [1.807, 2.05) is 44.2 Å². The third-order valence-electron chi connectivity index (χ3n) is 3.55. The van der Waals surface area contributed by atoms with Crippen molar-refractivity contribution in [3.8, 4) is 11.4 Å². The fourth-order valence-corrected chi connectivity index (χ4v) is 2.52. The molecule has 0 aliphatic heterocycles. The topological polar surface area (TPSA) is 68.0 Å². The summed E-state index contributed by atoms with van der Waals surface area (Å²) in [5, 5.41) is 7.08. The third-order valence-corrected chi connectivity index (χ3v) is 3.86. The van der Waals surface area contributed by atoms with Gasteiger partial charge >= 0.3 is 0 Å². The minimum absolute atomic E-state index is 0.141. The van der Waals surface area contributed by atoms with Gasteiger partial charge in [-0.1, -0.05) is 52.7 Å². The fourth-order valence-electron chi connectivity index (χ4n) is 2.20. The van der Waals surface area contributed by atoms with Gasteiger partial charge in [0, 0.05) is 5.56 Å². The molecule has 0 radical (unpaired) electrons. The van der Waals surface area contributed by atoms with E-state index in [0.29, 0.717) is 22.3 Å². The quantitative estimate of drug-likeness (QED) is 0.780. The first-order valence-corrected chi connectivity index (χ1v) is 7.85. The molecule has 0 saturated heterocycles. The van der Waals surface area contributed by atoms with E-state index in [2.05, 4.69) is 15.5 Å². The van der Waals surface area contributed by atoms with E-state index >= 15 is 0 Å². The first-order valence-electron chi connectivity index (χ1n) is 7.47. The van der Waals surface area contributed by atoms with Crippen molar-refractivity contribution in [3.63, 3.8) is 0 Å². The number of aromatic nitrogens is 2. The van der Waals surface area contributed by atoms with Gasteiger partial charge in [0.15, 0.2) is 0 Å². The van der Waals surface area contributed by atoms with Crippen LogP contribution in [0.2, 0.25) is 5.02 Å². The molecule has 3 aromatic rings. The summed E-state index contributed by atoms with van der Waals surface area (Å²) in [4.78, 5) is 16.5. The van der Waals surface area contributed by atoms with Crippen molar-refractivity contribution in [2.24, 2.45) is 0 Å². The van der Waals surface area contributed by atoms with E-state index in [-0.39, 0.29) is 12.5 Å². The lowest BCUT2D eigenvalue weighted by atomic mass is 10.1. The number of amides is 1. The fraction of sp³-hybridized carbons (Fsp3) is 0.167. The van der Waals surface area contributed by atoms with Gasteiger partial charge in [0.25, 0.3) is 5.91 Å². The Morgan fingerprint density at radius 1 is 1.12 bits per heavy atom. The number of halogens is 1. The molecule has 0 aliphatic carbocycles. The number of hydrogen-bond acceptors (Lipinski definition) is 4. The van der Waals surface area contributed by atoms with E-state index in [1.54, 1.807) is 12.1 Å². The van der Waals surface area contributed by atoms with Crippen molar-refractivity contribution in [2.75, 3.05) is 0 Å². The molecule has 3 rings (SSSR count). The Labute approximate surface area is 144 Å². The second-order valence-electron chi connectivity index (χ2n) is 5.54. The number of aryl methyl sites for hydroxylation is 2. The van der Waals surface area contributed by atoms with Crippen LogP contribution in [0.1, 0.15) is 27.4 Å². The van der Waals surface area contributed by atoms with E-state index in [9.17, 15) is 4.79 Å². The van der Waals surface area contributed by atoms with Crippen LogP contribution in [0.3, 0.4) is 0 Å². The summed E-state index contributed by atoms with van der Waals surface area (Å²) in [6.45, 7) is 4.07. The van der Waals surface area contributed by atoms with Crippen LogP contribution in [0.5, 0.6) is 0 Å². The summed E-state index contributed by atoms with van der Waals surface area (Å²) in [6, 6.07) is 13.1. The van der Waals surface area contributed by atoms with Crippen molar-refractivity contribution < 1.29 is 9.32 Å². The van der Waals surface area contributed by atoms with Crippen LogP contribution in [0.25, 0.3) is 11.4 Å². The van der Waals surface area contributed by atoms with Crippen molar-refractivity contribution in [1.29, 1.82) is 0 Å². The highest BCUT2D eigenvalue weighted by Gasteiger charge is 2.13. The number of nitrogens with zero attached hydrogens (tertiary/aromatic N) is 2. The van der Waals surface area contributed by atoms with Gasteiger partial charge in [-0.2, -0.15) is 4.98 Å². The van der Waals surface area contributed by atoms with Crippen molar-refractivity contribution in [2.45, 2.75) is 20.4 Å². The van der Waals surface area contributed by atoms with E-state index in [4.69, 9.17) is 16.1 Å². The Hall–Kier alpha value is -2.66. The van der Waals surface area contributed by atoms with Crippen LogP contribution in [0.15, 0.2) is 47.0 Å². The number of benzene rings is 2. The Kier molecular flexibility index (Phi) is 4.62. The second-order valence-corrected chi connectivity index (χ2v) is 5.95. The summed E-state index contributed by atoms with van der Waals surface area (Å²) in [5.74, 6) is 0.546. The molecule has 1 amide bonds. The molecule has 1 aromatic heterocycles. The van der Waals surface area contributed by atoms with Crippen molar-refractivity contribution >= 4 is 17.5 Å². The summed E-state index contributed by atoms with van der Waals surface area (Å²) in [6.07, 6.45) is 0. The molecule has 6 heteroatoms. The highest BCUT2D eigenvalue weighted by molar-refractivity contribution is 6.33. The number of carbonyl (C=O) groups is 1. The highest BCUT2D eigenvalue weighted by atomic mass is 35.5. The van der Waals surface area contributed by atoms with Gasteiger partial charge in [-0.05, 0) is 31.5 Å². The SMILES string of the molecule is Cc1ccc(-c2noc(CNC(=O)c3ccc(C)cc3Cl)n2)cc1. The summed E-state index contributed by atoms with van der Waals surface area (Å²) in [7, 11) is 0. The molecule has 0 bridgehead atoms. The number of rotatable bonds is 4. The minimum atomic E-state index is -0.282. The first kappa shape index (κ1) is 16.2. The molecule has 1 heterocycles. The average molecular weight is 342 g/mol. The molecule has 0 fully saturated rings. The minimum Gasteiger partial charge on any atom is -0.343 e.